The third kappa shape index (κ3) is 10.6. The molecule has 4 aromatic rings. The van der Waals surface area contributed by atoms with E-state index in [1.807, 2.05) is 0 Å². The quantitative estimate of drug-likeness (QED) is 0.152. The van der Waals surface area contributed by atoms with Crippen molar-refractivity contribution in [1.29, 1.82) is 0 Å². The number of benzene rings is 4. The van der Waals surface area contributed by atoms with Gasteiger partial charge in [-0.15, -0.1) is 69.8 Å². The van der Waals surface area contributed by atoms with E-state index in [-0.39, 0.29) is 24.8 Å². The van der Waals surface area contributed by atoms with Gasteiger partial charge in [0.2, 0.25) is 0 Å². The van der Waals surface area contributed by atoms with E-state index in [4.69, 9.17) is 0 Å². The summed E-state index contributed by atoms with van der Waals surface area (Å²) >= 11 is 3.38. The second-order valence-corrected chi connectivity index (χ2v) is 21.1. The van der Waals surface area contributed by atoms with Gasteiger partial charge in [-0.1, -0.05) is 118 Å². The van der Waals surface area contributed by atoms with Crippen LogP contribution in [-0.4, -0.2) is 6.41 Å². The van der Waals surface area contributed by atoms with Crippen molar-refractivity contribution in [2.45, 2.75) is 132 Å². The molecule has 0 nitrogen and oxygen atoms in total. The normalized spacial score (nSPS) is 19.7. The van der Waals surface area contributed by atoms with E-state index in [0.717, 1.165) is 12.8 Å². The summed E-state index contributed by atoms with van der Waals surface area (Å²) in [6.07, 6.45) is 16.7. The van der Waals surface area contributed by atoms with Crippen LogP contribution in [-0.2, 0) is 61.3 Å². The van der Waals surface area contributed by atoms with Crippen LogP contribution in [0, 0.1) is 24.0 Å². The first kappa shape index (κ1) is 48.9. The van der Waals surface area contributed by atoms with Gasteiger partial charge in [-0.05, 0) is 77.3 Å². The fraction of sp³-hybridized carbons (Fsp3) is 0.393. The average Bonchev–Trinajstić information content (AvgIpc) is 3.91. The molecule has 0 aliphatic heterocycles. The second-order valence-electron chi connectivity index (χ2n) is 17.7. The van der Waals surface area contributed by atoms with Crippen molar-refractivity contribution >= 4 is 17.6 Å². The Morgan fingerprint density at radius 2 is 0.783 bits per heavy atom. The first-order valence-electron chi connectivity index (χ1n) is 22.1. The molecule has 0 radical (unpaired) electrons. The zero-order valence-corrected chi connectivity index (χ0v) is 43.8. The van der Waals surface area contributed by atoms with Gasteiger partial charge in [0.1, 0.15) is 0 Å². The van der Waals surface area contributed by atoms with Crippen molar-refractivity contribution in [3.8, 4) is 22.3 Å². The van der Waals surface area contributed by atoms with Crippen LogP contribution in [0.15, 0.2) is 106 Å². The predicted molar refractivity (Wildman–Crippen MR) is 243 cm³/mol. The molecule has 4 aromatic carbocycles. The molecule has 0 spiro atoms. The zero-order chi connectivity index (χ0) is 41.1. The molecule has 2 atom stereocenters. The molecule has 2 unspecified atom stereocenters. The van der Waals surface area contributed by atoms with E-state index in [9.17, 15) is 0 Å². The molecular formula is C56H62Cl2Zr2-4. The first-order valence-corrected chi connectivity index (χ1v) is 24.6. The summed E-state index contributed by atoms with van der Waals surface area (Å²) < 4.78 is 3.61. The molecule has 60 heavy (non-hydrogen) atoms. The molecule has 2 fully saturated rings. The maximum absolute atomic E-state index is 3.73. The van der Waals surface area contributed by atoms with Gasteiger partial charge in [-0.3, -0.25) is 0 Å². The summed E-state index contributed by atoms with van der Waals surface area (Å²) in [5.41, 5.74) is 25.4. The van der Waals surface area contributed by atoms with E-state index in [1.165, 1.54) is 164 Å². The number of hydrogen-bond donors (Lipinski definition) is 0. The topological polar surface area (TPSA) is 0 Å². The SMILES string of the molecule is CC1=C(C)C(C)C(c2[c-]c3c(cc2)-c2ccccc2C3)=C1C.CC1=C(C)C(C)C(c2[c-]c3c(cc2)-c2ccccc2C3)=C1C.[Cl-].[Cl-].[Zr]=[C]1CCCCC1.[Zr]=[C]1CCCCC1. The van der Waals surface area contributed by atoms with Crippen molar-refractivity contribution in [2.75, 3.05) is 0 Å². The summed E-state index contributed by atoms with van der Waals surface area (Å²) in [6, 6.07) is 34.0. The van der Waals surface area contributed by atoms with Crippen LogP contribution in [0.2, 0.25) is 0 Å². The van der Waals surface area contributed by atoms with Gasteiger partial charge < -0.3 is 24.8 Å². The number of rotatable bonds is 2. The van der Waals surface area contributed by atoms with Crippen LogP contribution < -0.4 is 24.8 Å². The van der Waals surface area contributed by atoms with Crippen LogP contribution >= 0.6 is 0 Å². The third-order valence-corrected chi connectivity index (χ3v) is 16.6. The molecule has 10 rings (SSSR count). The Balaban J connectivity index is 0.000000169. The van der Waals surface area contributed by atoms with E-state index >= 15 is 0 Å². The molecule has 0 aromatic heterocycles. The fourth-order valence-corrected chi connectivity index (χ4v) is 11.7. The maximum atomic E-state index is 3.73. The molecule has 6 aliphatic carbocycles. The molecule has 0 heterocycles. The van der Waals surface area contributed by atoms with Gasteiger partial charge >= 0.3 is 119 Å². The summed E-state index contributed by atoms with van der Waals surface area (Å²) in [6.45, 7) is 18.2. The van der Waals surface area contributed by atoms with Crippen molar-refractivity contribution in [1.82, 2.24) is 0 Å². The van der Waals surface area contributed by atoms with Crippen LogP contribution in [0.4, 0.5) is 0 Å². The molecule has 0 saturated heterocycles. The van der Waals surface area contributed by atoms with Crippen LogP contribution in [0.25, 0.3) is 33.4 Å². The molecule has 6 aliphatic rings. The van der Waals surface area contributed by atoms with Crippen molar-refractivity contribution < 1.29 is 73.3 Å². The Hall–Kier alpha value is -2.07. The molecule has 0 bridgehead atoms. The molecule has 312 valence electrons. The number of halogens is 2. The zero-order valence-electron chi connectivity index (χ0n) is 37.3. The van der Waals surface area contributed by atoms with Gasteiger partial charge in [-0.25, -0.2) is 0 Å². The van der Waals surface area contributed by atoms with Gasteiger partial charge in [-0.2, -0.15) is 0 Å². The van der Waals surface area contributed by atoms with E-state index in [1.54, 1.807) is 54.9 Å². The molecule has 4 heteroatoms. The predicted octanol–water partition coefficient (Wildman–Crippen LogP) is 8.98. The molecule has 2 saturated carbocycles. The van der Waals surface area contributed by atoms with E-state index in [0.29, 0.717) is 11.8 Å². The first-order chi connectivity index (χ1) is 27.9. The monoisotopic (exact) mass is 984 g/mol. The molecule has 0 amide bonds. The van der Waals surface area contributed by atoms with E-state index < -0.39 is 0 Å². The number of allylic oxidation sites excluding steroid dienone is 8. The number of hydrogen-bond acceptors (Lipinski definition) is 0. The minimum absolute atomic E-state index is 0. The third-order valence-electron chi connectivity index (χ3n) is 14.2. The Kier molecular flexibility index (Phi) is 18.0. The summed E-state index contributed by atoms with van der Waals surface area (Å²) in [4.78, 5) is 0. The Labute approximate surface area is 405 Å². The van der Waals surface area contributed by atoms with Crippen LogP contribution in [0.5, 0.6) is 0 Å². The van der Waals surface area contributed by atoms with Crippen LogP contribution in [0.3, 0.4) is 0 Å². The fourth-order valence-electron chi connectivity index (χ4n) is 9.99. The summed E-state index contributed by atoms with van der Waals surface area (Å²) in [5.74, 6) is 1.02. The van der Waals surface area contributed by atoms with E-state index in [2.05, 4.69) is 140 Å². The van der Waals surface area contributed by atoms with Crippen molar-refractivity contribution in [3.63, 3.8) is 0 Å². The second kappa shape index (κ2) is 22.0. The molecule has 0 N–H and O–H groups in total. The van der Waals surface area contributed by atoms with Gasteiger partial charge in [0.05, 0.1) is 0 Å². The van der Waals surface area contributed by atoms with Gasteiger partial charge in [0.25, 0.3) is 0 Å². The van der Waals surface area contributed by atoms with Crippen molar-refractivity contribution in [2.24, 2.45) is 11.8 Å². The standard InChI is InChI=1S/2C22H21.2C6H10.2ClH.2Zr/c2*1-13-14(2)16(4)22(15(13)3)18-9-10-21-19(12-18)11-17-7-5-6-8-20(17)21;2*1-2-4-6-5-3-1;;;;/h2*5-10,15H,11H2,1-4H3;2*1-5H2;2*1H;;/q2*-1;;;;;;/p-2. The number of fused-ring (bicyclic) bond motifs is 6. The van der Waals surface area contributed by atoms with Gasteiger partial charge in [0, 0.05) is 0 Å². The minimum atomic E-state index is 0. The summed E-state index contributed by atoms with van der Waals surface area (Å²) in [5, 5.41) is 0. The summed E-state index contributed by atoms with van der Waals surface area (Å²) in [7, 11) is 0. The Morgan fingerprint density at radius 3 is 1.08 bits per heavy atom. The average molecular weight is 988 g/mol. The molecular weight excluding hydrogens is 926 g/mol. The van der Waals surface area contributed by atoms with Crippen molar-refractivity contribution in [3.05, 3.63) is 152 Å². The van der Waals surface area contributed by atoms with Gasteiger partial charge in [0.15, 0.2) is 0 Å². The Bertz CT molecular complexity index is 2200. The van der Waals surface area contributed by atoms with Crippen LogP contribution in [0.1, 0.15) is 153 Å². The Morgan fingerprint density at radius 1 is 0.433 bits per heavy atom.